The number of sulfonamides is 1. The van der Waals surface area contributed by atoms with Crippen molar-refractivity contribution in [1.29, 1.82) is 0 Å². The second kappa shape index (κ2) is 10.3. The van der Waals surface area contributed by atoms with E-state index in [1.54, 1.807) is 24.0 Å². The lowest BCUT2D eigenvalue weighted by Gasteiger charge is -2.31. The average Bonchev–Trinajstić information content (AvgIpc) is 2.80. The number of nitro groups is 1. The molecular weight excluding hydrogens is 452 g/mol. The molecule has 0 atom stereocenters. The summed E-state index contributed by atoms with van der Waals surface area (Å²) in [6.45, 7) is 2.89. The van der Waals surface area contributed by atoms with Crippen LogP contribution < -0.4 is 10.0 Å². The van der Waals surface area contributed by atoms with Crippen molar-refractivity contribution >= 4 is 33.4 Å². The largest absolute Gasteiger partial charge is 0.450 e. The topological polar surface area (TPSA) is 148 Å². The maximum atomic E-state index is 12.9. The lowest BCUT2D eigenvalue weighted by atomic mass is 10.0. The summed E-state index contributed by atoms with van der Waals surface area (Å²) in [7, 11) is -4.17. The summed E-state index contributed by atoms with van der Waals surface area (Å²) in [4.78, 5) is 36.3. The SMILES string of the molecule is CCOC(=O)N1CCC(NC(=O)c2ccccc2NS(=O)(=O)c2cccc([N+](=O)[O-])c2)CC1. The molecule has 2 amide bonds. The summed E-state index contributed by atoms with van der Waals surface area (Å²) in [5, 5.41) is 13.8. The third kappa shape index (κ3) is 5.98. The van der Waals surface area contributed by atoms with E-state index in [2.05, 4.69) is 10.0 Å². The first-order valence-corrected chi connectivity index (χ1v) is 11.8. The van der Waals surface area contributed by atoms with Crippen molar-refractivity contribution in [3.63, 3.8) is 0 Å². The number of nitro benzene ring substituents is 1. The van der Waals surface area contributed by atoms with Crippen molar-refractivity contribution in [3.8, 4) is 0 Å². The number of nitrogens with zero attached hydrogens (tertiary/aromatic N) is 2. The Balaban J connectivity index is 1.70. The Kier molecular flexibility index (Phi) is 7.48. The molecule has 0 unspecified atom stereocenters. The minimum atomic E-state index is -4.17. The Bertz CT molecular complexity index is 1140. The van der Waals surface area contributed by atoms with Crippen LogP contribution in [0.15, 0.2) is 53.4 Å². The van der Waals surface area contributed by atoms with Gasteiger partial charge in [0.05, 0.1) is 27.7 Å². The molecule has 2 aromatic carbocycles. The molecule has 1 saturated heterocycles. The number of hydrogen-bond acceptors (Lipinski definition) is 7. The van der Waals surface area contributed by atoms with Crippen LogP contribution in [0, 0.1) is 10.1 Å². The number of likely N-dealkylation sites (tertiary alicyclic amines) is 1. The molecule has 33 heavy (non-hydrogen) atoms. The smallest absolute Gasteiger partial charge is 0.409 e. The van der Waals surface area contributed by atoms with Crippen molar-refractivity contribution in [1.82, 2.24) is 10.2 Å². The highest BCUT2D eigenvalue weighted by molar-refractivity contribution is 7.92. The van der Waals surface area contributed by atoms with E-state index in [4.69, 9.17) is 4.74 Å². The fourth-order valence-electron chi connectivity index (χ4n) is 3.42. The summed E-state index contributed by atoms with van der Waals surface area (Å²) in [5.41, 5.74) is -0.206. The summed E-state index contributed by atoms with van der Waals surface area (Å²) >= 11 is 0. The van der Waals surface area contributed by atoms with E-state index in [1.165, 1.54) is 30.3 Å². The van der Waals surface area contributed by atoms with E-state index in [0.717, 1.165) is 6.07 Å². The number of non-ortho nitro benzene ring substituents is 1. The minimum absolute atomic E-state index is 0.0467. The van der Waals surface area contributed by atoms with E-state index >= 15 is 0 Å². The highest BCUT2D eigenvalue weighted by atomic mass is 32.2. The van der Waals surface area contributed by atoms with Gasteiger partial charge in [0.2, 0.25) is 0 Å². The van der Waals surface area contributed by atoms with E-state index < -0.39 is 20.9 Å². The second-order valence-electron chi connectivity index (χ2n) is 7.34. The molecule has 1 aliphatic rings. The molecule has 0 radical (unpaired) electrons. The number of para-hydroxylation sites is 1. The molecule has 1 aliphatic heterocycles. The van der Waals surface area contributed by atoms with Crippen LogP contribution in [0.2, 0.25) is 0 Å². The van der Waals surface area contributed by atoms with Gasteiger partial charge in [-0.25, -0.2) is 13.2 Å². The molecule has 2 aromatic rings. The summed E-state index contributed by atoms with van der Waals surface area (Å²) in [6, 6.07) is 10.5. The summed E-state index contributed by atoms with van der Waals surface area (Å²) < 4.78 is 32.9. The lowest BCUT2D eigenvalue weighted by Crippen LogP contribution is -2.46. The second-order valence-corrected chi connectivity index (χ2v) is 9.02. The number of nitrogens with one attached hydrogen (secondary N) is 2. The molecule has 11 nitrogen and oxygen atoms in total. The molecule has 0 aliphatic carbocycles. The van der Waals surface area contributed by atoms with E-state index in [-0.39, 0.29) is 34.0 Å². The van der Waals surface area contributed by atoms with Crippen LogP contribution in [0.3, 0.4) is 0 Å². The normalized spacial score (nSPS) is 14.4. The van der Waals surface area contributed by atoms with Gasteiger partial charge in [0.1, 0.15) is 0 Å². The summed E-state index contributed by atoms with van der Waals surface area (Å²) in [6.07, 6.45) is 0.682. The van der Waals surface area contributed by atoms with Gasteiger partial charge < -0.3 is 15.0 Å². The van der Waals surface area contributed by atoms with Gasteiger partial charge in [0.25, 0.3) is 21.6 Å². The van der Waals surface area contributed by atoms with Gasteiger partial charge in [-0.1, -0.05) is 18.2 Å². The Labute approximate surface area is 190 Å². The predicted octanol–water partition coefficient (Wildman–Crippen LogP) is 2.75. The molecule has 1 fully saturated rings. The standard InChI is InChI=1S/C21H24N4O7S/c1-2-32-21(27)24-12-10-15(11-13-24)22-20(26)18-8-3-4-9-19(18)23-33(30,31)17-7-5-6-16(14-17)25(28)29/h3-9,14-15,23H,2,10-13H2,1H3,(H,22,26). The van der Waals surface area contributed by atoms with Crippen LogP contribution in [-0.2, 0) is 14.8 Å². The molecule has 12 heteroatoms. The van der Waals surface area contributed by atoms with Crippen molar-refractivity contribution < 1.29 is 27.7 Å². The Hall–Kier alpha value is -3.67. The Morgan fingerprint density at radius 1 is 1.15 bits per heavy atom. The van der Waals surface area contributed by atoms with Crippen LogP contribution in [0.5, 0.6) is 0 Å². The number of carbonyl (C=O) groups is 2. The third-order valence-corrected chi connectivity index (χ3v) is 6.47. The zero-order valence-electron chi connectivity index (χ0n) is 17.9. The first-order valence-electron chi connectivity index (χ1n) is 10.3. The van der Waals surface area contributed by atoms with Crippen LogP contribution >= 0.6 is 0 Å². The number of rotatable bonds is 7. The fourth-order valence-corrected chi connectivity index (χ4v) is 4.54. The van der Waals surface area contributed by atoms with Crippen LogP contribution in [0.1, 0.15) is 30.1 Å². The van der Waals surface area contributed by atoms with E-state index in [0.29, 0.717) is 32.5 Å². The molecule has 0 aromatic heterocycles. The van der Waals surface area contributed by atoms with E-state index in [9.17, 15) is 28.1 Å². The van der Waals surface area contributed by atoms with Crippen molar-refractivity contribution in [2.45, 2.75) is 30.7 Å². The molecule has 2 N–H and O–H groups in total. The Morgan fingerprint density at radius 2 is 1.85 bits per heavy atom. The number of carbonyl (C=O) groups excluding carboxylic acids is 2. The van der Waals surface area contributed by atoms with E-state index in [1.807, 2.05) is 0 Å². The predicted molar refractivity (Wildman–Crippen MR) is 119 cm³/mol. The molecule has 176 valence electrons. The lowest BCUT2D eigenvalue weighted by molar-refractivity contribution is -0.385. The number of benzene rings is 2. The maximum absolute atomic E-state index is 12.9. The number of amides is 2. The van der Waals surface area contributed by atoms with Gasteiger partial charge in [-0.05, 0) is 38.0 Å². The van der Waals surface area contributed by atoms with Crippen molar-refractivity contribution in [2.24, 2.45) is 0 Å². The maximum Gasteiger partial charge on any atom is 0.409 e. The van der Waals surface area contributed by atoms with Crippen LogP contribution in [0.25, 0.3) is 0 Å². The fraction of sp³-hybridized carbons (Fsp3) is 0.333. The zero-order chi connectivity index (χ0) is 24.0. The third-order valence-electron chi connectivity index (χ3n) is 5.11. The number of ether oxygens (including phenoxy) is 1. The van der Waals surface area contributed by atoms with Crippen molar-refractivity contribution in [3.05, 3.63) is 64.2 Å². The van der Waals surface area contributed by atoms with Gasteiger partial charge in [-0.2, -0.15) is 0 Å². The monoisotopic (exact) mass is 476 g/mol. The van der Waals surface area contributed by atoms with Gasteiger partial charge >= 0.3 is 6.09 Å². The molecule has 3 rings (SSSR count). The van der Waals surface area contributed by atoms with Crippen LogP contribution in [0.4, 0.5) is 16.2 Å². The molecule has 0 spiro atoms. The molecule has 0 bridgehead atoms. The minimum Gasteiger partial charge on any atom is -0.450 e. The molecule has 0 saturated carbocycles. The number of anilines is 1. The first-order chi connectivity index (χ1) is 15.7. The van der Waals surface area contributed by atoms with Crippen molar-refractivity contribution in [2.75, 3.05) is 24.4 Å². The molecular formula is C21H24N4O7S. The number of piperidine rings is 1. The Morgan fingerprint density at radius 3 is 2.52 bits per heavy atom. The van der Waals surface area contributed by atoms with Gasteiger partial charge in [0, 0.05) is 31.3 Å². The molecule has 1 heterocycles. The van der Waals surface area contributed by atoms with Gasteiger partial charge in [-0.15, -0.1) is 0 Å². The quantitative estimate of drug-likeness (QED) is 0.461. The number of hydrogen-bond donors (Lipinski definition) is 2. The highest BCUT2D eigenvalue weighted by Gasteiger charge is 2.26. The zero-order valence-corrected chi connectivity index (χ0v) is 18.7. The highest BCUT2D eigenvalue weighted by Crippen LogP contribution is 2.23. The van der Waals surface area contributed by atoms with Gasteiger partial charge in [-0.3, -0.25) is 19.6 Å². The van der Waals surface area contributed by atoms with Gasteiger partial charge in [0.15, 0.2) is 0 Å². The first kappa shape index (κ1) is 24.0. The summed E-state index contributed by atoms with van der Waals surface area (Å²) in [5.74, 6) is -0.470. The average molecular weight is 477 g/mol. The van der Waals surface area contributed by atoms with Crippen LogP contribution in [-0.4, -0.2) is 56.0 Å².